The lowest BCUT2D eigenvalue weighted by Gasteiger charge is -2.13. The summed E-state index contributed by atoms with van der Waals surface area (Å²) < 4.78 is 0. The third-order valence-electron chi connectivity index (χ3n) is 1.54. The van der Waals surface area contributed by atoms with Gasteiger partial charge in [0.05, 0.1) is 13.1 Å². The van der Waals surface area contributed by atoms with Gasteiger partial charge < -0.3 is 4.90 Å². The largest absolute Gasteiger partial charge is 0.323 e. The van der Waals surface area contributed by atoms with E-state index in [1.165, 1.54) is 17.7 Å². The Labute approximate surface area is 63.4 Å². The van der Waals surface area contributed by atoms with Crippen molar-refractivity contribution in [1.82, 2.24) is 0 Å². The third-order valence-corrected chi connectivity index (χ3v) is 1.54. The lowest BCUT2D eigenvalue weighted by molar-refractivity contribution is -0.893. The highest BCUT2D eigenvalue weighted by Gasteiger charge is 2.02. The minimum absolute atomic E-state index is 0.668. The number of quaternary nitrogens is 1. The highest BCUT2D eigenvalue weighted by molar-refractivity contribution is 4.64. The molecule has 0 radical (unpaired) electrons. The summed E-state index contributed by atoms with van der Waals surface area (Å²) in [6.07, 6.45) is 2.36. The molecule has 0 aliphatic heterocycles. The second-order valence-corrected chi connectivity index (χ2v) is 2.58. The quantitative estimate of drug-likeness (QED) is 0.545. The van der Waals surface area contributed by atoms with E-state index in [0.717, 1.165) is 13.1 Å². The van der Waals surface area contributed by atoms with E-state index in [1.54, 1.807) is 0 Å². The van der Waals surface area contributed by atoms with Crippen LogP contribution < -0.4 is 4.90 Å². The van der Waals surface area contributed by atoms with Gasteiger partial charge in [0.25, 0.3) is 0 Å². The first kappa shape index (κ1) is 9.45. The first-order chi connectivity index (χ1) is 4.85. The molecular weight excluding hydrogens is 124 g/mol. The van der Waals surface area contributed by atoms with Gasteiger partial charge >= 0.3 is 0 Å². The number of hydrogen-bond donors (Lipinski definition) is 1. The summed E-state index contributed by atoms with van der Waals surface area (Å²) in [5.74, 6) is 0. The van der Waals surface area contributed by atoms with Crippen LogP contribution in [0.25, 0.3) is 0 Å². The Morgan fingerprint density at radius 3 is 2.00 bits per heavy atom. The topological polar surface area (TPSA) is 28.2 Å². The maximum absolute atomic E-state index is 8.42. The molecule has 0 bridgehead atoms. The second kappa shape index (κ2) is 6.57. The van der Waals surface area contributed by atoms with Crippen LogP contribution in [0.5, 0.6) is 0 Å². The van der Waals surface area contributed by atoms with E-state index in [1.807, 2.05) is 0 Å². The lowest BCUT2D eigenvalue weighted by atomic mass is 10.3. The van der Waals surface area contributed by atoms with E-state index in [0.29, 0.717) is 6.54 Å². The van der Waals surface area contributed by atoms with Gasteiger partial charge in [0.2, 0.25) is 0 Å². The molecule has 0 aromatic rings. The van der Waals surface area contributed by atoms with E-state index >= 15 is 0 Å². The maximum atomic E-state index is 8.42. The molecule has 2 nitrogen and oxygen atoms in total. The van der Waals surface area contributed by atoms with Crippen LogP contribution >= 0.6 is 0 Å². The molecule has 0 heterocycles. The average Bonchev–Trinajstić information content (AvgIpc) is 1.90. The van der Waals surface area contributed by atoms with Crippen LogP contribution in [0.3, 0.4) is 0 Å². The molecule has 1 N–H and O–H groups in total. The van der Waals surface area contributed by atoms with Crippen LogP contribution in [0, 0.1) is 11.3 Å². The maximum Gasteiger partial charge on any atom is 0.165 e. The van der Waals surface area contributed by atoms with E-state index in [4.69, 9.17) is 5.26 Å². The van der Waals surface area contributed by atoms with E-state index < -0.39 is 0 Å². The summed E-state index contributed by atoms with van der Waals surface area (Å²) in [7, 11) is 0. The number of hydrogen-bond acceptors (Lipinski definition) is 1. The average molecular weight is 141 g/mol. The summed E-state index contributed by atoms with van der Waals surface area (Å²) in [6, 6.07) is 2.20. The standard InChI is InChI=1S/C8H16N2/c1-3-6-10(7-4-2)8-5-9/h3-4,6-8H2,1-2H3/p+1. The van der Waals surface area contributed by atoms with Crippen LogP contribution in [0.1, 0.15) is 26.7 Å². The number of nitriles is 1. The van der Waals surface area contributed by atoms with E-state index in [9.17, 15) is 0 Å². The number of rotatable bonds is 5. The summed E-state index contributed by atoms with van der Waals surface area (Å²) >= 11 is 0. The molecule has 10 heavy (non-hydrogen) atoms. The van der Waals surface area contributed by atoms with E-state index in [2.05, 4.69) is 19.9 Å². The Hall–Kier alpha value is -0.550. The molecule has 0 amide bonds. The second-order valence-electron chi connectivity index (χ2n) is 2.58. The Morgan fingerprint density at radius 1 is 1.20 bits per heavy atom. The minimum Gasteiger partial charge on any atom is -0.323 e. The van der Waals surface area contributed by atoms with Crippen molar-refractivity contribution in [2.24, 2.45) is 0 Å². The minimum atomic E-state index is 0.668. The summed E-state index contributed by atoms with van der Waals surface area (Å²) in [6.45, 7) is 7.27. The molecule has 2 heteroatoms. The Bertz CT molecular complexity index is 98.3. The highest BCUT2D eigenvalue weighted by atomic mass is 15.1. The van der Waals surface area contributed by atoms with Crippen molar-refractivity contribution in [1.29, 1.82) is 5.26 Å². The third kappa shape index (κ3) is 4.34. The zero-order valence-corrected chi connectivity index (χ0v) is 6.98. The highest BCUT2D eigenvalue weighted by Crippen LogP contribution is 1.67. The van der Waals surface area contributed by atoms with Crippen LogP contribution in [0.2, 0.25) is 0 Å². The molecule has 0 unspecified atom stereocenters. The van der Waals surface area contributed by atoms with Gasteiger partial charge in [-0.15, -0.1) is 0 Å². The smallest absolute Gasteiger partial charge is 0.165 e. The van der Waals surface area contributed by atoms with Gasteiger partial charge in [-0.25, -0.2) is 0 Å². The summed E-state index contributed by atoms with van der Waals surface area (Å²) in [5, 5.41) is 8.42. The van der Waals surface area contributed by atoms with Crippen LogP contribution in [0.4, 0.5) is 0 Å². The van der Waals surface area contributed by atoms with Gasteiger partial charge in [-0.3, -0.25) is 0 Å². The molecule has 0 aromatic heterocycles. The normalized spacial score (nSPS) is 9.80. The lowest BCUT2D eigenvalue weighted by Crippen LogP contribution is -3.11. The number of nitrogens with one attached hydrogen (secondary N) is 1. The fraction of sp³-hybridized carbons (Fsp3) is 0.875. The van der Waals surface area contributed by atoms with Crippen molar-refractivity contribution in [2.45, 2.75) is 26.7 Å². The first-order valence-corrected chi connectivity index (χ1v) is 4.05. The van der Waals surface area contributed by atoms with Gasteiger partial charge in [0.15, 0.2) is 6.54 Å². The molecule has 0 atom stereocenters. The van der Waals surface area contributed by atoms with Crippen molar-refractivity contribution in [3.05, 3.63) is 0 Å². The zero-order chi connectivity index (χ0) is 7.82. The Balaban J connectivity index is 3.42. The van der Waals surface area contributed by atoms with Crippen molar-refractivity contribution >= 4 is 0 Å². The molecule has 0 fully saturated rings. The molecule has 0 aliphatic rings. The zero-order valence-electron chi connectivity index (χ0n) is 6.98. The Morgan fingerprint density at radius 2 is 1.70 bits per heavy atom. The molecule has 0 aliphatic carbocycles. The molecule has 0 saturated carbocycles. The summed E-state index contributed by atoms with van der Waals surface area (Å²) in [5.41, 5.74) is 0. The van der Waals surface area contributed by atoms with Crippen molar-refractivity contribution in [3.63, 3.8) is 0 Å². The van der Waals surface area contributed by atoms with Crippen molar-refractivity contribution in [2.75, 3.05) is 19.6 Å². The monoisotopic (exact) mass is 141 g/mol. The van der Waals surface area contributed by atoms with Gasteiger partial charge in [0, 0.05) is 0 Å². The molecule has 0 spiro atoms. The summed E-state index contributed by atoms with van der Waals surface area (Å²) in [4.78, 5) is 1.42. The van der Waals surface area contributed by atoms with Gasteiger partial charge in [-0.1, -0.05) is 13.8 Å². The van der Waals surface area contributed by atoms with Gasteiger partial charge in [-0.05, 0) is 12.8 Å². The number of nitrogens with zero attached hydrogens (tertiary/aromatic N) is 1. The van der Waals surface area contributed by atoms with Crippen LogP contribution in [0.15, 0.2) is 0 Å². The molecule has 0 aromatic carbocycles. The Kier molecular flexibility index (Phi) is 6.21. The molecule has 58 valence electrons. The van der Waals surface area contributed by atoms with Crippen LogP contribution in [-0.4, -0.2) is 19.6 Å². The SMILES string of the molecule is CCC[NH+](CC#N)CCC. The van der Waals surface area contributed by atoms with Crippen molar-refractivity contribution in [3.8, 4) is 6.07 Å². The van der Waals surface area contributed by atoms with Gasteiger partial charge in [0.1, 0.15) is 6.07 Å². The predicted octanol–water partition coefficient (Wildman–Crippen LogP) is 0.215. The first-order valence-electron chi connectivity index (χ1n) is 4.05. The van der Waals surface area contributed by atoms with E-state index in [-0.39, 0.29) is 0 Å². The fourth-order valence-electron chi connectivity index (χ4n) is 1.12. The van der Waals surface area contributed by atoms with Crippen LogP contribution in [-0.2, 0) is 0 Å². The fourth-order valence-corrected chi connectivity index (χ4v) is 1.12. The molecule has 0 rings (SSSR count). The molecular formula is C8H17N2+. The van der Waals surface area contributed by atoms with Crippen molar-refractivity contribution < 1.29 is 4.90 Å². The predicted molar refractivity (Wildman–Crippen MR) is 41.8 cm³/mol. The van der Waals surface area contributed by atoms with Gasteiger partial charge in [-0.2, -0.15) is 5.26 Å². The molecule has 0 saturated heterocycles.